The van der Waals surface area contributed by atoms with Crippen LogP contribution in [0.4, 0.5) is 18.0 Å². The molecule has 1 amide bonds. The van der Waals surface area contributed by atoms with Crippen LogP contribution in [0.25, 0.3) is 16.9 Å². The van der Waals surface area contributed by atoms with Crippen molar-refractivity contribution in [2.24, 2.45) is 0 Å². The molecule has 2 atom stereocenters. The van der Waals surface area contributed by atoms with E-state index in [-0.39, 0.29) is 16.3 Å². The van der Waals surface area contributed by atoms with Crippen LogP contribution in [0, 0.1) is 6.92 Å². The summed E-state index contributed by atoms with van der Waals surface area (Å²) in [7, 11) is -4.38. The second-order valence-corrected chi connectivity index (χ2v) is 13.5. The summed E-state index contributed by atoms with van der Waals surface area (Å²) in [5, 5.41) is 6.02. The lowest BCUT2D eigenvalue weighted by Crippen LogP contribution is -2.49. The third-order valence-electron chi connectivity index (χ3n) is 6.87. The van der Waals surface area contributed by atoms with Crippen molar-refractivity contribution in [2.75, 3.05) is 11.6 Å². The predicted octanol–water partition coefficient (Wildman–Crippen LogP) is 4.39. The number of rotatable bonds is 9. The molecule has 4 aromatic rings. The largest absolute Gasteiger partial charge is 0.511 e. The van der Waals surface area contributed by atoms with Gasteiger partial charge >= 0.3 is 12.3 Å². The number of nitrogens with zero attached hydrogens (tertiary/aromatic N) is 5. The smallest absolute Gasteiger partial charge is 0.428 e. The van der Waals surface area contributed by atoms with E-state index in [0.29, 0.717) is 24.9 Å². The summed E-state index contributed by atoms with van der Waals surface area (Å²) in [6.07, 6.45) is -5.97. The number of hydrogen-bond donors (Lipinski definition) is 1. The average Bonchev–Trinajstić information content (AvgIpc) is 3.34. The van der Waals surface area contributed by atoms with Gasteiger partial charge in [0.15, 0.2) is 5.69 Å². The lowest BCUT2D eigenvalue weighted by molar-refractivity contribution is -0.142. The lowest BCUT2D eigenvalue weighted by atomic mass is 10.1. The summed E-state index contributed by atoms with van der Waals surface area (Å²) in [5.74, 6) is -0.844. The van der Waals surface area contributed by atoms with E-state index in [2.05, 4.69) is 5.10 Å². The molecule has 2 aromatic heterocycles. The molecule has 0 saturated carbocycles. The van der Waals surface area contributed by atoms with Crippen LogP contribution in [0.5, 0.6) is 0 Å². The molecule has 0 aliphatic carbocycles. The molecular weight excluding hydrogens is 649 g/mol. The minimum Gasteiger partial charge on any atom is -0.428 e. The highest BCUT2D eigenvalue weighted by molar-refractivity contribution is 7.90. The number of carbonyl (C=O) groups is 2. The molecule has 0 bridgehead atoms. The van der Waals surface area contributed by atoms with E-state index in [9.17, 15) is 31.2 Å². The molecule has 14 nitrogen and oxygen atoms in total. The topological polar surface area (TPSA) is 152 Å². The highest BCUT2D eigenvalue weighted by atomic mass is 32.2. The minimum absolute atomic E-state index is 0.156. The van der Waals surface area contributed by atoms with Crippen LogP contribution in [-0.2, 0) is 30.5 Å². The average molecular weight is 683 g/mol. The van der Waals surface area contributed by atoms with E-state index >= 15 is 0 Å². The van der Waals surface area contributed by atoms with Crippen LogP contribution in [0.2, 0.25) is 0 Å². The van der Waals surface area contributed by atoms with Crippen molar-refractivity contribution in [3.05, 3.63) is 65.9 Å². The Kier molecular flexibility index (Phi) is 8.83. The molecule has 3 heterocycles. The van der Waals surface area contributed by atoms with Crippen LogP contribution in [-0.4, -0.2) is 64.7 Å². The molecule has 1 aliphatic rings. The van der Waals surface area contributed by atoms with Crippen molar-refractivity contribution in [3.63, 3.8) is 0 Å². The molecule has 1 saturated heterocycles. The van der Waals surface area contributed by atoms with Gasteiger partial charge in [-0.05, 0) is 70.9 Å². The van der Waals surface area contributed by atoms with Gasteiger partial charge in [0.05, 0.1) is 21.2 Å². The number of carbonyl (C=O) groups excluding carboxylic acids is 2. The van der Waals surface area contributed by atoms with Gasteiger partial charge in [0, 0.05) is 19.0 Å². The van der Waals surface area contributed by atoms with Crippen molar-refractivity contribution >= 4 is 22.1 Å². The molecule has 1 fully saturated rings. The number of halogens is 3. The van der Waals surface area contributed by atoms with Crippen molar-refractivity contribution in [1.82, 2.24) is 24.5 Å². The Balaban J connectivity index is 1.26. The maximum absolute atomic E-state index is 13.6. The van der Waals surface area contributed by atoms with Crippen molar-refractivity contribution in [2.45, 2.75) is 76.5 Å². The first-order valence-electron chi connectivity index (χ1n) is 14.4. The van der Waals surface area contributed by atoms with Crippen LogP contribution < -0.4 is 14.6 Å². The van der Waals surface area contributed by atoms with E-state index in [4.69, 9.17) is 18.9 Å². The van der Waals surface area contributed by atoms with Crippen molar-refractivity contribution < 1.29 is 50.1 Å². The Hall–Kier alpha value is -4.87. The van der Waals surface area contributed by atoms with Gasteiger partial charge in [0.25, 0.3) is 22.2 Å². The third kappa shape index (κ3) is 7.93. The Morgan fingerprint density at radius 2 is 1.72 bits per heavy atom. The fraction of sp³-hybridized carbons (Fsp3) is 0.414. The minimum atomic E-state index is -4.70. The van der Waals surface area contributed by atoms with Gasteiger partial charge in [0.2, 0.25) is 0 Å². The molecule has 1 unspecified atom stereocenters. The molecular formula is C29H33F3N6O8S. The van der Waals surface area contributed by atoms with Gasteiger partial charge < -0.3 is 14.3 Å². The zero-order valence-corrected chi connectivity index (χ0v) is 26.8. The summed E-state index contributed by atoms with van der Waals surface area (Å²) in [6, 6.07) is 11.7. The summed E-state index contributed by atoms with van der Waals surface area (Å²) in [5.41, 5.74) is -0.157. The zero-order chi connectivity index (χ0) is 34.3. The monoisotopic (exact) mass is 682 g/mol. The molecule has 5 rings (SSSR count). The Labute approximate surface area is 267 Å². The second kappa shape index (κ2) is 12.4. The van der Waals surface area contributed by atoms with Crippen LogP contribution in [0.1, 0.15) is 51.8 Å². The van der Waals surface area contributed by atoms with E-state index < -0.39 is 51.9 Å². The maximum Gasteiger partial charge on any atom is 0.511 e. The predicted molar refractivity (Wildman–Crippen MR) is 158 cm³/mol. The van der Waals surface area contributed by atoms with E-state index in [1.54, 1.807) is 45.0 Å². The van der Waals surface area contributed by atoms with Crippen LogP contribution >= 0.6 is 0 Å². The quantitative estimate of drug-likeness (QED) is 0.199. The lowest BCUT2D eigenvalue weighted by Gasteiger charge is -2.20. The summed E-state index contributed by atoms with van der Waals surface area (Å²) < 4.78 is 85.4. The van der Waals surface area contributed by atoms with E-state index in [1.165, 1.54) is 36.2 Å². The molecule has 0 radical (unpaired) electrons. The third-order valence-corrected chi connectivity index (χ3v) is 8.23. The standard InChI is InChI=1S/C29H33F3N6O8S/c1-18-8-10-20(11-9-18)24-17-25(29(30,31)32)33-36(24)21-12-14-22(15-13-21)47(41,42)34-26(39)23-7-6-16-35(23)37-38(46-37)45-19(2)43-27(40)44-28(3,4)5/h8-15,17,19,23H,6-7,16H2,1-5H3,(H,34,39)/t19?,23-,37?,38?/m0/s1. The number of sulfonamides is 1. The summed E-state index contributed by atoms with van der Waals surface area (Å²) in [4.78, 5) is 31.1. The first-order valence-corrected chi connectivity index (χ1v) is 15.9. The number of aryl methyl sites for hydroxylation is 1. The van der Waals surface area contributed by atoms with Crippen LogP contribution in [0.15, 0.2) is 64.1 Å². The zero-order valence-electron chi connectivity index (χ0n) is 26.0. The SMILES string of the molecule is Cc1ccc(-c2cc(C(F)(F)F)nn2-c2ccc(S(=O)(=O)NC(=O)[C@@H]3CCCN3n3on3OC(C)OC(=O)OC(C)(C)C)cc2)cc1. The number of ether oxygens (including phenoxy) is 2. The Morgan fingerprint density at radius 1 is 1.06 bits per heavy atom. The first-order chi connectivity index (χ1) is 21.9. The molecule has 254 valence electrons. The number of benzene rings is 2. The van der Waals surface area contributed by atoms with Gasteiger partial charge in [-0.25, -0.2) is 27.6 Å². The first kappa shape index (κ1) is 33.5. The highest BCUT2D eigenvalue weighted by Gasteiger charge is 2.39. The molecule has 1 N–H and O–H groups in total. The molecule has 2 aromatic carbocycles. The molecule has 47 heavy (non-hydrogen) atoms. The summed E-state index contributed by atoms with van der Waals surface area (Å²) >= 11 is 0. The second-order valence-electron chi connectivity index (χ2n) is 11.8. The molecule has 18 heteroatoms. The molecule has 0 spiro atoms. The number of alkyl halides is 3. The normalized spacial score (nSPS) is 16.3. The Morgan fingerprint density at radius 3 is 2.34 bits per heavy atom. The van der Waals surface area contributed by atoms with Gasteiger partial charge in [-0.2, -0.15) is 22.9 Å². The highest BCUT2D eigenvalue weighted by Crippen LogP contribution is 2.33. The van der Waals surface area contributed by atoms with E-state index in [0.717, 1.165) is 26.3 Å². The van der Waals surface area contributed by atoms with Crippen LogP contribution in [0.3, 0.4) is 0 Å². The summed E-state index contributed by atoms with van der Waals surface area (Å²) in [6.45, 7) is 8.59. The van der Waals surface area contributed by atoms with Gasteiger partial charge in [0.1, 0.15) is 16.7 Å². The number of hydrogen-bond acceptors (Lipinski definition) is 10. The molecule has 1 aliphatic heterocycles. The number of amides is 1. The Bertz CT molecular complexity index is 1830. The fourth-order valence-electron chi connectivity index (χ4n) is 4.70. The van der Waals surface area contributed by atoms with Crippen molar-refractivity contribution in [1.29, 1.82) is 0 Å². The van der Waals surface area contributed by atoms with Gasteiger partial charge in [-0.15, -0.1) is 0 Å². The van der Waals surface area contributed by atoms with Gasteiger partial charge in [-0.3, -0.25) is 4.79 Å². The maximum atomic E-state index is 13.6. The van der Waals surface area contributed by atoms with Crippen molar-refractivity contribution in [3.8, 4) is 16.9 Å². The number of nitrogens with one attached hydrogen (secondary N) is 1. The van der Waals surface area contributed by atoms with Gasteiger partial charge in [-0.1, -0.05) is 29.8 Å². The fourth-order valence-corrected chi connectivity index (χ4v) is 5.71. The number of aromatic nitrogens is 4. The van der Waals surface area contributed by atoms with E-state index in [1.807, 2.05) is 11.6 Å².